The molecule has 0 saturated carbocycles. The van der Waals surface area contributed by atoms with Gasteiger partial charge < -0.3 is 10.5 Å². The van der Waals surface area contributed by atoms with Crippen LogP contribution in [0, 0.1) is 5.82 Å². The van der Waals surface area contributed by atoms with Gasteiger partial charge in [-0.25, -0.2) is 4.39 Å². The summed E-state index contributed by atoms with van der Waals surface area (Å²) >= 11 is 3.38. The molecule has 1 aliphatic heterocycles. The Morgan fingerprint density at radius 3 is 2.85 bits per heavy atom. The van der Waals surface area contributed by atoms with Crippen molar-refractivity contribution in [2.75, 3.05) is 6.61 Å². The minimum Gasteiger partial charge on any atom is -0.493 e. The first-order valence-corrected chi connectivity index (χ1v) is 7.40. The van der Waals surface area contributed by atoms with Crippen molar-refractivity contribution in [3.05, 3.63) is 63.4 Å². The third-order valence-corrected chi connectivity index (χ3v) is 4.28. The molecule has 0 bridgehead atoms. The van der Waals surface area contributed by atoms with Gasteiger partial charge in [0.25, 0.3) is 0 Å². The van der Waals surface area contributed by atoms with E-state index in [2.05, 4.69) is 22.0 Å². The number of benzene rings is 2. The van der Waals surface area contributed by atoms with Crippen LogP contribution in [0.15, 0.2) is 40.9 Å². The fraction of sp³-hybridized carbons (Fsp3) is 0.250. The first-order chi connectivity index (χ1) is 9.65. The molecule has 20 heavy (non-hydrogen) atoms. The molecule has 1 heterocycles. The highest BCUT2D eigenvalue weighted by atomic mass is 79.9. The van der Waals surface area contributed by atoms with Crippen molar-refractivity contribution in [1.29, 1.82) is 0 Å². The Morgan fingerprint density at radius 2 is 2.05 bits per heavy atom. The fourth-order valence-corrected chi connectivity index (χ4v) is 3.10. The molecule has 0 aromatic heterocycles. The predicted octanol–water partition coefficient (Wildman–Crippen LogP) is 3.96. The number of hydrogen-bond acceptors (Lipinski definition) is 2. The van der Waals surface area contributed by atoms with Crippen molar-refractivity contribution in [3.8, 4) is 5.75 Å². The molecular formula is C16H15BrFNO. The second-order valence-electron chi connectivity index (χ2n) is 4.96. The molecule has 1 atom stereocenters. The van der Waals surface area contributed by atoms with Crippen LogP contribution in [0.4, 0.5) is 4.39 Å². The molecule has 1 aliphatic rings. The number of ether oxygens (including phenoxy) is 1. The maximum atomic E-state index is 13.2. The maximum Gasteiger partial charge on any atom is 0.124 e. The van der Waals surface area contributed by atoms with Gasteiger partial charge in [-0.3, -0.25) is 0 Å². The van der Waals surface area contributed by atoms with Crippen molar-refractivity contribution < 1.29 is 9.13 Å². The summed E-state index contributed by atoms with van der Waals surface area (Å²) < 4.78 is 19.4. The Balaban J connectivity index is 1.95. The van der Waals surface area contributed by atoms with Gasteiger partial charge in [-0.1, -0.05) is 34.1 Å². The number of fused-ring (bicyclic) bond motifs is 1. The van der Waals surface area contributed by atoms with Crippen molar-refractivity contribution in [2.24, 2.45) is 5.73 Å². The number of hydrogen-bond donors (Lipinski definition) is 1. The van der Waals surface area contributed by atoms with Crippen molar-refractivity contribution >= 4 is 15.9 Å². The van der Waals surface area contributed by atoms with E-state index >= 15 is 0 Å². The van der Waals surface area contributed by atoms with Gasteiger partial charge in [0.1, 0.15) is 11.6 Å². The predicted molar refractivity (Wildman–Crippen MR) is 80.4 cm³/mol. The van der Waals surface area contributed by atoms with E-state index in [0.29, 0.717) is 4.47 Å². The Kier molecular flexibility index (Phi) is 3.76. The quantitative estimate of drug-likeness (QED) is 0.901. The molecule has 2 aromatic rings. The summed E-state index contributed by atoms with van der Waals surface area (Å²) in [6.45, 7) is 0.780. The molecule has 0 saturated heterocycles. The maximum absolute atomic E-state index is 13.2. The Bertz CT molecular complexity index is 644. The van der Waals surface area contributed by atoms with E-state index in [0.717, 1.165) is 36.3 Å². The summed E-state index contributed by atoms with van der Waals surface area (Å²) in [4.78, 5) is 0. The zero-order chi connectivity index (χ0) is 14.1. The molecule has 2 aromatic carbocycles. The van der Waals surface area contributed by atoms with E-state index in [1.165, 1.54) is 17.7 Å². The average molecular weight is 336 g/mol. The molecular weight excluding hydrogens is 321 g/mol. The number of halogens is 2. The molecule has 0 amide bonds. The van der Waals surface area contributed by atoms with Crippen LogP contribution in [-0.2, 0) is 6.42 Å². The molecule has 0 radical (unpaired) electrons. The Labute approximate surface area is 125 Å². The number of nitrogens with two attached hydrogens (primary N) is 1. The van der Waals surface area contributed by atoms with Gasteiger partial charge in [0.2, 0.25) is 0 Å². The van der Waals surface area contributed by atoms with Gasteiger partial charge in [-0.15, -0.1) is 0 Å². The Morgan fingerprint density at radius 1 is 1.20 bits per heavy atom. The van der Waals surface area contributed by atoms with E-state index in [4.69, 9.17) is 10.5 Å². The second kappa shape index (κ2) is 5.54. The molecule has 0 fully saturated rings. The van der Waals surface area contributed by atoms with Gasteiger partial charge in [0, 0.05) is 4.47 Å². The summed E-state index contributed by atoms with van der Waals surface area (Å²) in [5, 5.41) is 0. The van der Waals surface area contributed by atoms with Crippen molar-refractivity contribution in [3.63, 3.8) is 0 Å². The first-order valence-electron chi connectivity index (χ1n) is 6.61. The summed E-state index contributed by atoms with van der Waals surface area (Å²) in [5.41, 5.74) is 9.40. The van der Waals surface area contributed by atoms with E-state index in [1.807, 2.05) is 12.1 Å². The SMILES string of the molecule is NC(c1ccc2c(c1)CCCO2)c1ccc(F)cc1Br. The average Bonchev–Trinajstić information content (AvgIpc) is 2.46. The van der Waals surface area contributed by atoms with Crippen LogP contribution in [0.3, 0.4) is 0 Å². The summed E-state index contributed by atoms with van der Waals surface area (Å²) in [6, 6.07) is 10.4. The first kappa shape index (κ1) is 13.6. The van der Waals surface area contributed by atoms with Gasteiger partial charge in [-0.05, 0) is 47.7 Å². The van der Waals surface area contributed by atoms with Crippen LogP contribution in [0.1, 0.15) is 29.2 Å². The highest BCUT2D eigenvalue weighted by molar-refractivity contribution is 9.10. The standard InChI is InChI=1S/C16H15BrFNO/c17-14-9-12(18)4-5-13(14)16(19)11-3-6-15-10(8-11)2-1-7-20-15/h3-6,8-9,16H,1-2,7,19H2. The minimum atomic E-state index is -0.280. The topological polar surface area (TPSA) is 35.2 Å². The van der Waals surface area contributed by atoms with E-state index < -0.39 is 0 Å². The highest BCUT2D eigenvalue weighted by Crippen LogP contribution is 2.32. The third kappa shape index (κ3) is 2.58. The van der Waals surface area contributed by atoms with Crippen molar-refractivity contribution in [2.45, 2.75) is 18.9 Å². The monoisotopic (exact) mass is 335 g/mol. The minimum absolute atomic E-state index is 0.272. The smallest absolute Gasteiger partial charge is 0.124 e. The highest BCUT2D eigenvalue weighted by Gasteiger charge is 2.16. The summed E-state index contributed by atoms with van der Waals surface area (Å²) in [5.74, 6) is 0.678. The zero-order valence-electron chi connectivity index (χ0n) is 10.9. The zero-order valence-corrected chi connectivity index (χ0v) is 12.5. The van der Waals surface area contributed by atoms with Crippen LogP contribution in [0.5, 0.6) is 5.75 Å². The van der Waals surface area contributed by atoms with Gasteiger partial charge in [0.05, 0.1) is 12.6 Å². The third-order valence-electron chi connectivity index (χ3n) is 3.59. The molecule has 2 N–H and O–H groups in total. The lowest BCUT2D eigenvalue weighted by molar-refractivity contribution is 0.288. The molecule has 2 nitrogen and oxygen atoms in total. The van der Waals surface area contributed by atoms with Crippen LogP contribution in [0.2, 0.25) is 0 Å². The Hall–Kier alpha value is -1.39. The normalized spacial score (nSPS) is 15.3. The fourth-order valence-electron chi connectivity index (χ4n) is 2.51. The van der Waals surface area contributed by atoms with E-state index in [1.54, 1.807) is 6.07 Å². The summed E-state index contributed by atoms with van der Waals surface area (Å²) in [7, 11) is 0. The van der Waals surface area contributed by atoms with Gasteiger partial charge in [0.15, 0.2) is 0 Å². The van der Waals surface area contributed by atoms with Crippen LogP contribution in [-0.4, -0.2) is 6.61 Å². The molecule has 0 spiro atoms. The lowest BCUT2D eigenvalue weighted by Gasteiger charge is -2.20. The van der Waals surface area contributed by atoms with E-state index in [9.17, 15) is 4.39 Å². The van der Waals surface area contributed by atoms with Crippen molar-refractivity contribution in [1.82, 2.24) is 0 Å². The van der Waals surface area contributed by atoms with E-state index in [-0.39, 0.29) is 11.9 Å². The van der Waals surface area contributed by atoms with Gasteiger partial charge in [-0.2, -0.15) is 0 Å². The lowest BCUT2D eigenvalue weighted by Crippen LogP contribution is -2.14. The molecule has 104 valence electrons. The van der Waals surface area contributed by atoms with Crippen LogP contribution < -0.4 is 10.5 Å². The molecule has 3 rings (SSSR count). The molecule has 4 heteroatoms. The second-order valence-corrected chi connectivity index (χ2v) is 5.82. The number of aryl methyl sites for hydroxylation is 1. The molecule has 1 unspecified atom stereocenters. The summed E-state index contributed by atoms with van der Waals surface area (Å²) in [6.07, 6.45) is 2.05. The van der Waals surface area contributed by atoms with Crippen LogP contribution in [0.25, 0.3) is 0 Å². The lowest BCUT2D eigenvalue weighted by atomic mass is 9.95. The molecule has 0 aliphatic carbocycles. The number of rotatable bonds is 2. The largest absolute Gasteiger partial charge is 0.493 e. The van der Waals surface area contributed by atoms with Gasteiger partial charge >= 0.3 is 0 Å². The van der Waals surface area contributed by atoms with Crippen LogP contribution >= 0.6 is 15.9 Å².